The van der Waals surface area contributed by atoms with E-state index in [0.29, 0.717) is 19.3 Å². The Morgan fingerprint density at radius 3 is 3.00 bits per heavy atom. The van der Waals surface area contributed by atoms with E-state index in [4.69, 9.17) is 14.0 Å². The van der Waals surface area contributed by atoms with Crippen molar-refractivity contribution in [2.75, 3.05) is 26.0 Å². The average molecular weight is 373 g/mol. The van der Waals surface area contributed by atoms with Crippen LogP contribution in [0.2, 0.25) is 0 Å². The van der Waals surface area contributed by atoms with E-state index < -0.39 is 22.3 Å². The first-order valence-corrected chi connectivity index (χ1v) is 9.70. The minimum atomic E-state index is -3.62. The van der Waals surface area contributed by atoms with Crippen molar-refractivity contribution in [3.63, 3.8) is 0 Å². The number of hydrogen-bond acceptors (Lipinski definition) is 7. The Hall–Kier alpha value is -1.91. The summed E-state index contributed by atoms with van der Waals surface area (Å²) in [5.74, 6) is 0. The number of carbonyl (C=O) groups is 1. The largest absolute Gasteiger partial charge is 0.445 e. The molecule has 0 aliphatic carbocycles. The fourth-order valence-electron chi connectivity index (χ4n) is 2.91. The van der Waals surface area contributed by atoms with Crippen LogP contribution in [-0.4, -0.2) is 72.9 Å². The molecule has 2 heterocycles. The molecule has 2 N–H and O–H groups in total. The number of hydrogen-bond donors (Lipinski definition) is 2. The monoisotopic (exact) mass is 373 g/mol. The number of H-pyrrole nitrogens is 1. The number of aliphatic hydroxyl groups is 1. The van der Waals surface area contributed by atoms with E-state index in [9.17, 15) is 13.2 Å². The third kappa shape index (κ3) is 5.55. The van der Waals surface area contributed by atoms with E-state index in [1.54, 1.807) is 6.20 Å². The molecule has 2 atom stereocenters. The van der Waals surface area contributed by atoms with Crippen molar-refractivity contribution in [2.24, 2.45) is 0 Å². The van der Waals surface area contributed by atoms with Crippen LogP contribution in [0.1, 0.15) is 17.7 Å². The summed E-state index contributed by atoms with van der Waals surface area (Å²) >= 11 is 0. The highest BCUT2D eigenvalue weighted by Crippen LogP contribution is 2.26. The van der Waals surface area contributed by atoms with E-state index in [1.165, 1.54) is 11.0 Å². The Balaban J connectivity index is 2.13. The number of ether oxygens (including phenoxy) is 1. The van der Waals surface area contributed by atoms with E-state index in [-0.39, 0.29) is 25.8 Å². The van der Waals surface area contributed by atoms with Crippen LogP contribution in [-0.2, 0) is 31.9 Å². The number of likely N-dealkylation sites (tertiary alicyclic amines) is 1. The minimum absolute atomic E-state index is 0.0118. The molecule has 2 rings (SSSR count). The summed E-state index contributed by atoms with van der Waals surface area (Å²) in [6.45, 7) is 3.68. The summed E-state index contributed by atoms with van der Waals surface area (Å²) in [6, 6.07) is -0.304. The number of amides is 1. The van der Waals surface area contributed by atoms with Crippen molar-refractivity contribution < 1.29 is 27.2 Å². The van der Waals surface area contributed by atoms with Gasteiger partial charge in [-0.05, 0) is 18.4 Å². The SMILES string of the molecule is C=CCOC(=O)N1CC(OS(C)(=O)=O)CC1Cc1[nH]ncc1CCO. The molecule has 1 aromatic rings. The summed E-state index contributed by atoms with van der Waals surface area (Å²) in [5.41, 5.74) is 1.65. The van der Waals surface area contributed by atoms with Crippen LogP contribution >= 0.6 is 0 Å². The van der Waals surface area contributed by atoms with E-state index >= 15 is 0 Å². The molecule has 2 unspecified atom stereocenters. The molecule has 0 bridgehead atoms. The van der Waals surface area contributed by atoms with Crippen LogP contribution in [0.5, 0.6) is 0 Å². The number of aliphatic hydroxyl groups excluding tert-OH is 1. The van der Waals surface area contributed by atoms with E-state index in [2.05, 4.69) is 16.8 Å². The predicted molar refractivity (Wildman–Crippen MR) is 89.5 cm³/mol. The molecule has 1 aliphatic rings. The lowest BCUT2D eigenvalue weighted by Crippen LogP contribution is -2.38. The maximum Gasteiger partial charge on any atom is 0.410 e. The van der Waals surface area contributed by atoms with Gasteiger partial charge in [-0.1, -0.05) is 12.7 Å². The molecule has 1 aromatic heterocycles. The Morgan fingerprint density at radius 2 is 2.36 bits per heavy atom. The summed E-state index contributed by atoms with van der Waals surface area (Å²) in [4.78, 5) is 13.7. The van der Waals surface area contributed by atoms with Crippen LogP contribution in [0.15, 0.2) is 18.9 Å². The van der Waals surface area contributed by atoms with Crippen LogP contribution in [0.4, 0.5) is 4.79 Å². The first-order valence-electron chi connectivity index (χ1n) is 7.88. The summed E-state index contributed by atoms with van der Waals surface area (Å²) in [5, 5.41) is 15.9. The molecule has 1 amide bonds. The maximum atomic E-state index is 12.3. The summed E-state index contributed by atoms with van der Waals surface area (Å²) in [7, 11) is -3.62. The first kappa shape index (κ1) is 19.4. The van der Waals surface area contributed by atoms with Gasteiger partial charge in [0.25, 0.3) is 10.1 Å². The van der Waals surface area contributed by atoms with Crippen molar-refractivity contribution >= 4 is 16.2 Å². The summed E-state index contributed by atoms with van der Waals surface area (Å²) in [6.07, 6.45) is 4.13. The highest BCUT2D eigenvalue weighted by atomic mass is 32.2. The maximum absolute atomic E-state index is 12.3. The van der Waals surface area contributed by atoms with E-state index in [0.717, 1.165) is 17.5 Å². The zero-order valence-corrected chi connectivity index (χ0v) is 14.9. The standard InChI is InChI=1S/C15H23N3O6S/c1-3-6-23-15(20)18-10-13(24-25(2,21)22)7-12(18)8-14-11(4-5-19)9-16-17-14/h3,9,12-13,19H,1,4-8,10H2,2H3,(H,16,17). The fourth-order valence-corrected chi connectivity index (χ4v) is 3.54. The molecule has 0 aromatic carbocycles. The third-order valence-corrected chi connectivity index (χ3v) is 4.50. The second-order valence-corrected chi connectivity index (χ2v) is 7.48. The van der Waals surface area contributed by atoms with Gasteiger partial charge in [-0.25, -0.2) is 4.79 Å². The van der Waals surface area contributed by atoms with Gasteiger partial charge < -0.3 is 14.7 Å². The van der Waals surface area contributed by atoms with Gasteiger partial charge in [0, 0.05) is 24.8 Å². The third-order valence-electron chi connectivity index (χ3n) is 3.87. The molecule has 0 saturated carbocycles. The average Bonchev–Trinajstić information content (AvgIpc) is 3.11. The quantitative estimate of drug-likeness (QED) is 0.494. The van der Waals surface area contributed by atoms with Crippen molar-refractivity contribution in [2.45, 2.75) is 31.4 Å². The molecule has 1 aliphatic heterocycles. The topological polar surface area (TPSA) is 122 Å². The Bertz CT molecular complexity index is 702. The smallest absolute Gasteiger partial charge is 0.410 e. The number of carbonyl (C=O) groups excluding carboxylic acids is 1. The van der Waals surface area contributed by atoms with Gasteiger partial charge in [-0.3, -0.25) is 9.28 Å². The first-order chi connectivity index (χ1) is 11.8. The second kappa shape index (κ2) is 8.45. The minimum Gasteiger partial charge on any atom is -0.445 e. The summed E-state index contributed by atoms with van der Waals surface area (Å²) < 4.78 is 32.9. The Morgan fingerprint density at radius 1 is 1.60 bits per heavy atom. The lowest BCUT2D eigenvalue weighted by atomic mass is 10.0. The van der Waals surface area contributed by atoms with Crippen LogP contribution in [0.25, 0.3) is 0 Å². The number of nitrogens with one attached hydrogen (secondary N) is 1. The number of nitrogens with zero attached hydrogens (tertiary/aromatic N) is 2. The highest BCUT2D eigenvalue weighted by molar-refractivity contribution is 7.86. The lowest BCUT2D eigenvalue weighted by molar-refractivity contribution is 0.104. The van der Waals surface area contributed by atoms with Crippen molar-refractivity contribution in [1.29, 1.82) is 0 Å². The van der Waals surface area contributed by atoms with E-state index in [1.807, 2.05) is 0 Å². The second-order valence-electron chi connectivity index (χ2n) is 5.88. The lowest BCUT2D eigenvalue weighted by Gasteiger charge is -2.23. The zero-order chi connectivity index (χ0) is 18.4. The number of aromatic amines is 1. The molecular formula is C15H23N3O6S. The van der Waals surface area contributed by atoms with Crippen molar-refractivity contribution in [3.05, 3.63) is 30.1 Å². The number of aromatic nitrogens is 2. The van der Waals surface area contributed by atoms with Gasteiger partial charge in [0.1, 0.15) is 6.61 Å². The van der Waals surface area contributed by atoms with Gasteiger partial charge in [0.05, 0.1) is 25.1 Å². The normalized spacial score (nSPS) is 20.6. The van der Waals surface area contributed by atoms with Gasteiger partial charge in [-0.15, -0.1) is 0 Å². The molecule has 10 heteroatoms. The van der Waals surface area contributed by atoms with Gasteiger partial charge >= 0.3 is 6.09 Å². The van der Waals surface area contributed by atoms with Crippen LogP contribution < -0.4 is 0 Å². The molecule has 25 heavy (non-hydrogen) atoms. The van der Waals surface area contributed by atoms with Crippen molar-refractivity contribution in [1.82, 2.24) is 15.1 Å². The number of rotatable bonds is 8. The fraction of sp³-hybridized carbons (Fsp3) is 0.600. The Kier molecular flexibility index (Phi) is 6.57. The van der Waals surface area contributed by atoms with Gasteiger partial charge in [0.15, 0.2) is 0 Å². The molecule has 0 spiro atoms. The molecule has 1 saturated heterocycles. The highest BCUT2D eigenvalue weighted by Gasteiger charge is 2.38. The zero-order valence-electron chi connectivity index (χ0n) is 14.1. The molecule has 140 valence electrons. The molecule has 0 radical (unpaired) electrons. The van der Waals surface area contributed by atoms with Gasteiger partial charge in [-0.2, -0.15) is 13.5 Å². The molecule has 1 fully saturated rings. The van der Waals surface area contributed by atoms with Crippen molar-refractivity contribution in [3.8, 4) is 0 Å². The molecule has 9 nitrogen and oxygen atoms in total. The molecular weight excluding hydrogens is 350 g/mol. The predicted octanol–water partition coefficient (Wildman–Crippen LogP) is 0.229. The Labute approximate surface area is 146 Å². The van der Waals surface area contributed by atoms with Crippen LogP contribution in [0, 0.1) is 0 Å². The van der Waals surface area contributed by atoms with Crippen LogP contribution in [0.3, 0.4) is 0 Å². The van der Waals surface area contributed by atoms with Gasteiger partial charge in [0.2, 0.25) is 0 Å².